The molecule has 1 aromatic carbocycles. The van der Waals surface area contributed by atoms with Crippen LogP contribution in [0.4, 0.5) is 24.7 Å². The van der Waals surface area contributed by atoms with Crippen molar-refractivity contribution in [1.29, 1.82) is 0 Å². The maximum atomic E-state index is 13.1. The third kappa shape index (κ3) is 4.87. The van der Waals surface area contributed by atoms with Gasteiger partial charge in [0.25, 0.3) is 11.5 Å². The third-order valence-corrected chi connectivity index (χ3v) is 4.35. The number of aromatic amines is 1. The predicted molar refractivity (Wildman–Crippen MR) is 104 cm³/mol. The zero-order chi connectivity index (χ0) is 21.8. The molecule has 0 radical (unpaired) electrons. The number of carbonyl (C=O) groups excluding carboxylic acids is 1. The van der Waals surface area contributed by atoms with Crippen LogP contribution in [0.1, 0.15) is 49.0 Å². The fraction of sp³-hybridized carbons (Fsp3) is 0.421. The molecule has 0 fully saturated rings. The Hall–Kier alpha value is -3.04. The van der Waals surface area contributed by atoms with Crippen molar-refractivity contribution in [3.8, 4) is 0 Å². The van der Waals surface area contributed by atoms with Crippen LogP contribution < -0.4 is 21.9 Å². The topological polar surface area (TPSA) is 101 Å². The maximum Gasteiger partial charge on any atom is 0.416 e. The van der Waals surface area contributed by atoms with Crippen molar-refractivity contribution in [2.24, 2.45) is 0 Å². The molecule has 1 heterocycles. The summed E-state index contributed by atoms with van der Waals surface area (Å²) in [4.78, 5) is 40.7. The Kier molecular flexibility index (Phi) is 6.89. The van der Waals surface area contributed by atoms with E-state index in [9.17, 15) is 27.6 Å². The smallest absolute Gasteiger partial charge is 0.383 e. The summed E-state index contributed by atoms with van der Waals surface area (Å²) in [5.41, 5.74) is 3.00. The minimum Gasteiger partial charge on any atom is -0.383 e. The van der Waals surface area contributed by atoms with Gasteiger partial charge in [-0.15, -0.1) is 0 Å². The number of unbranched alkanes of at least 4 members (excludes halogenated alkanes) is 1. The highest BCUT2D eigenvalue weighted by atomic mass is 19.4. The minimum absolute atomic E-state index is 0.0587. The number of nitrogens with one attached hydrogen (secondary N) is 1. The summed E-state index contributed by atoms with van der Waals surface area (Å²) >= 11 is 0. The summed E-state index contributed by atoms with van der Waals surface area (Å²) in [5, 5.41) is 0. The van der Waals surface area contributed by atoms with Crippen LogP contribution in [0.5, 0.6) is 0 Å². The molecule has 0 aliphatic rings. The molecule has 0 aliphatic carbocycles. The first-order valence-corrected chi connectivity index (χ1v) is 9.23. The molecule has 0 saturated heterocycles. The quantitative estimate of drug-likeness (QED) is 0.730. The van der Waals surface area contributed by atoms with Gasteiger partial charge in [-0.2, -0.15) is 13.2 Å². The van der Waals surface area contributed by atoms with Gasteiger partial charge in [-0.1, -0.05) is 26.3 Å². The molecule has 0 saturated carbocycles. The summed E-state index contributed by atoms with van der Waals surface area (Å²) in [5.74, 6) is -1.000. The largest absolute Gasteiger partial charge is 0.416 e. The zero-order valence-corrected chi connectivity index (χ0v) is 16.2. The highest BCUT2D eigenvalue weighted by molar-refractivity contribution is 6.07. The van der Waals surface area contributed by atoms with Crippen LogP contribution >= 0.6 is 0 Å². The van der Waals surface area contributed by atoms with Crippen LogP contribution in [0.25, 0.3) is 0 Å². The van der Waals surface area contributed by atoms with Crippen LogP contribution in [-0.4, -0.2) is 22.0 Å². The van der Waals surface area contributed by atoms with E-state index in [2.05, 4.69) is 4.98 Å². The van der Waals surface area contributed by atoms with Crippen molar-refractivity contribution in [3.63, 3.8) is 0 Å². The van der Waals surface area contributed by atoms with Gasteiger partial charge in [-0.05, 0) is 31.0 Å². The van der Waals surface area contributed by atoms with Gasteiger partial charge < -0.3 is 10.6 Å². The van der Waals surface area contributed by atoms with E-state index < -0.39 is 28.9 Å². The first-order valence-electron chi connectivity index (χ1n) is 9.23. The predicted octanol–water partition coefficient (Wildman–Crippen LogP) is 2.99. The molecule has 2 aromatic rings. The molecular formula is C19H23F3N4O3. The Morgan fingerprint density at radius 3 is 2.48 bits per heavy atom. The number of alkyl halides is 3. The molecule has 0 unspecified atom stereocenters. The molecule has 0 spiro atoms. The molecule has 29 heavy (non-hydrogen) atoms. The van der Waals surface area contributed by atoms with Gasteiger partial charge in [0.2, 0.25) is 0 Å². The lowest BCUT2D eigenvalue weighted by Gasteiger charge is -2.24. The Morgan fingerprint density at radius 2 is 1.90 bits per heavy atom. The van der Waals surface area contributed by atoms with Gasteiger partial charge in [0.1, 0.15) is 5.82 Å². The van der Waals surface area contributed by atoms with Gasteiger partial charge >= 0.3 is 11.9 Å². The van der Waals surface area contributed by atoms with E-state index in [1.54, 1.807) is 6.92 Å². The third-order valence-electron chi connectivity index (χ3n) is 4.35. The van der Waals surface area contributed by atoms with E-state index >= 15 is 0 Å². The molecule has 10 heteroatoms. The molecular weight excluding hydrogens is 389 g/mol. The van der Waals surface area contributed by atoms with E-state index in [4.69, 9.17) is 5.73 Å². The number of anilines is 2. The highest BCUT2D eigenvalue weighted by Crippen LogP contribution is 2.30. The number of nitrogens with two attached hydrogens (primary N) is 1. The van der Waals surface area contributed by atoms with Crippen molar-refractivity contribution >= 4 is 17.4 Å². The standard InChI is InChI=1S/C19H23F3N4O3/c1-3-5-10-25(14-15(23)26(9-4-2)18(29)24-16(14)27)17(28)12-7-6-8-13(11-12)19(20,21)22/h6-8,11H,3-5,9-10,23H2,1-2H3,(H,24,27,29). The number of benzene rings is 1. The van der Waals surface area contributed by atoms with Crippen molar-refractivity contribution in [2.45, 2.75) is 45.8 Å². The second-order valence-electron chi connectivity index (χ2n) is 6.53. The molecule has 2 rings (SSSR count). The molecule has 7 nitrogen and oxygen atoms in total. The molecule has 0 aliphatic heterocycles. The van der Waals surface area contributed by atoms with Crippen molar-refractivity contribution < 1.29 is 18.0 Å². The van der Waals surface area contributed by atoms with Gasteiger partial charge in [0.05, 0.1) is 5.56 Å². The highest BCUT2D eigenvalue weighted by Gasteiger charge is 2.32. The molecule has 0 atom stereocenters. The Bertz CT molecular complexity index is 995. The maximum absolute atomic E-state index is 13.1. The Labute approximate surface area is 165 Å². The summed E-state index contributed by atoms with van der Waals surface area (Å²) < 4.78 is 40.2. The number of hydrogen-bond donors (Lipinski definition) is 2. The zero-order valence-electron chi connectivity index (χ0n) is 16.2. The Balaban J connectivity index is 2.62. The molecule has 0 bridgehead atoms. The molecule has 1 amide bonds. The van der Waals surface area contributed by atoms with Crippen LogP contribution in [0.2, 0.25) is 0 Å². The first kappa shape index (κ1) is 22.3. The van der Waals surface area contributed by atoms with Gasteiger partial charge in [0, 0.05) is 18.7 Å². The average molecular weight is 412 g/mol. The minimum atomic E-state index is -4.62. The van der Waals surface area contributed by atoms with Crippen molar-refractivity contribution in [1.82, 2.24) is 9.55 Å². The van der Waals surface area contributed by atoms with E-state index in [0.717, 1.165) is 27.7 Å². The molecule has 158 valence electrons. The fourth-order valence-electron chi connectivity index (χ4n) is 2.90. The van der Waals surface area contributed by atoms with Crippen LogP contribution in [0.3, 0.4) is 0 Å². The van der Waals surface area contributed by atoms with Gasteiger partial charge in [-0.3, -0.25) is 19.1 Å². The molecule has 1 aromatic heterocycles. The van der Waals surface area contributed by atoms with Gasteiger partial charge in [-0.25, -0.2) is 4.79 Å². The van der Waals surface area contributed by atoms with E-state index in [-0.39, 0.29) is 30.2 Å². The van der Waals surface area contributed by atoms with Crippen molar-refractivity contribution in [2.75, 3.05) is 17.2 Å². The number of amides is 1. The lowest BCUT2D eigenvalue weighted by molar-refractivity contribution is -0.137. The number of halogens is 3. The first-order chi connectivity index (χ1) is 13.6. The van der Waals surface area contributed by atoms with Gasteiger partial charge in [0.15, 0.2) is 5.69 Å². The van der Waals surface area contributed by atoms with Crippen LogP contribution in [-0.2, 0) is 12.7 Å². The summed E-state index contributed by atoms with van der Waals surface area (Å²) in [6.45, 7) is 3.94. The van der Waals surface area contributed by atoms with Crippen LogP contribution in [0, 0.1) is 0 Å². The van der Waals surface area contributed by atoms with E-state index in [1.807, 2.05) is 6.92 Å². The monoisotopic (exact) mass is 412 g/mol. The summed E-state index contributed by atoms with van der Waals surface area (Å²) in [7, 11) is 0. The second kappa shape index (κ2) is 8.97. The van der Waals surface area contributed by atoms with Crippen LogP contribution in [0.15, 0.2) is 33.9 Å². The average Bonchev–Trinajstić information content (AvgIpc) is 2.66. The lowest BCUT2D eigenvalue weighted by Crippen LogP contribution is -2.41. The molecule has 3 N–H and O–H groups in total. The van der Waals surface area contributed by atoms with Crippen molar-refractivity contribution in [3.05, 3.63) is 56.2 Å². The number of nitrogen functional groups attached to an aromatic ring is 1. The SMILES string of the molecule is CCCCN(C(=O)c1cccc(C(F)(F)F)c1)c1c(N)n(CCC)c(=O)[nH]c1=O. The second-order valence-corrected chi connectivity index (χ2v) is 6.53. The number of H-pyrrole nitrogens is 1. The number of carbonyl (C=O) groups is 1. The summed E-state index contributed by atoms with van der Waals surface area (Å²) in [6.07, 6.45) is -2.92. The van der Waals surface area contributed by atoms with E-state index in [1.165, 1.54) is 6.07 Å². The number of aromatic nitrogens is 2. The Morgan fingerprint density at radius 1 is 1.21 bits per heavy atom. The normalized spacial score (nSPS) is 11.5. The summed E-state index contributed by atoms with van der Waals surface area (Å²) in [6, 6.07) is 3.95. The number of nitrogens with zero attached hydrogens (tertiary/aromatic N) is 2. The fourth-order valence-corrected chi connectivity index (χ4v) is 2.90. The van der Waals surface area contributed by atoms with E-state index in [0.29, 0.717) is 19.3 Å². The number of rotatable bonds is 7. The lowest BCUT2D eigenvalue weighted by atomic mass is 10.1. The number of hydrogen-bond acceptors (Lipinski definition) is 4.